The van der Waals surface area contributed by atoms with Crippen LogP contribution in [0.15, 0.2) is 22.8 Å². The van der Waals surface area contributed by atoms with Gasteiger partial charge in [0, 0.05) is 40.3 Å². The van der Waals surface area contributed by atoms with Crippen molar-refractivity contribution in [1.29, 1.82) is 0 Å². The van der Waals surface area contributed by atoms with Crippen molar-refractivity contribution < 1.29 is 19.8 Å². The molecule has 0 spiro atoms. The van der Waals surface area contributed by atoms with Crippen LogP contribution >= 0.6 is 0 Å². The Hall–Kier alpha value is -2.06. The maximum absolute atomic E-state index is 13.2. The number of likely N-dealkylation sites (N-methyl/N-ethyl adjacent to an activating group) is 2. The summed E-state index contributed by atoms with van der Waals surface area (Å²) in [5, 5.41) is 19.9. The van der Waals surface area contributed by atoms with Crippen LogP contribution in [0.25, 0.3) is 0 Å². The van der Waals surface area contributed by atoms with E-state index in [2.05, 4.69) is 0 Å². The minimum atomic E-state index is -0.891. The molecule has 1 aliphatic carbocycles. The summed E-state index contributed by atoms with van der Waals surface area (Å²) < 4.78 is 0. The van der Waals surface area contributed by atoms with E-state index in [1.807, 2.05) is 9.80 Å². The number of aliphatic hydroxyl groups excluding tert-OH is 2. The number of nitrogens with zero attached hydrogens (tertiary/aromatic N) is 4. The van der Waals surface area contributed by atoms with Crippen molar-refractivity contribution in [3.8, 4) is 0 Å². The fraction of sp³-hybridized carbons (Fsp3) is 0.625. The molecule has 2 atom stereocenters. The van der Waals surface area contributed by atoms with E-state index >= 15 is 0 Å². The molecule has 24 heavy (non-hydrogen) atoms. The van der Waals surface area contributed by atoms with E-state index in [1.54, 1.807) is 27.9 Å². The second-order valence-corrected chi connectivity index (χ2v) is 6.51. The van der Waals surface area contributed by atoms with Crippen LogP contribution in [0.4, 0.5) is 0 Å². The normalized spacial score (nSPS) is 22.9. The van der Waals surface area contributed by atoms with Gasteiger partial charge in [-0.05, 0) is 13.8 Å². The van der Waals surface area contributed by atoms with Gasteiger partial charge in [0.05, 0.1) is 0 Å². The zero-order valence-corrected chi connectivity index (χ0v) is 14.5. The summed E-state index contributed by atoms with van der Waals surface area (Å²) in [5.74, 6) is -0.556. The maximum atomic E-state index is 13.2. The number of carbonyl (C=O) groups excluding carboxylic acids is 2. The molecule has 3 aliphatic rings. The molecule has 0 radical (unpaired) electrons. The maximum Gasteiger partial charge on any atom is 0.229 e. The van der Waals surface area contributed by atoms with Crippen molar-refractivity contribution in [2.24, 2.45) is 0 Å². The van der Waals surface area contributed by atoms with Crippen molar-refractivity contribution in [2.45, 2.75) is 26.3 Å². The second-order valence-electron chi connectivity index (χ2n) is 6.51. The summed E-state index contributed by atoms with van der Waals surface area (Å²) in [7, 11) is 3.22. The minimum Gasteiger partial charge on any atom is -0.374 e. The lowest BCUT2D eigenvalue weighted by Gasteiger charge is -2.35. The number of aliphatic hydroxyl groups is 2. The highest BCUT2D eigenvalue weighted by atomic mass is 16.3. The fourth-order valence-electron chi connectivity index (χ4n) is 2.82. The molecular formula is C16H24N4O4. The van der Waals surface area contributed by atoms with Crippen LogP contribution in [0, 0.1) is 0 Å². The first kappa shape index (κ1) is 16.8. The number of hydrogen-bond acceptors (Lipinski definition) is 8. The Morgan fingerprint density at radius 3 is 1.29 bits per heavy atom. The van der Waals surface area contributed by atoms with E-state index in [-0.39, 0.29) is 23.0 Å². The first-order valence-corrected chi connectivity index (χ1v) is 8.15. The van der Waals surface area contributed by atoms with Gasteiger partial charge in [-0.3, -0.25) is 9.59 Å². The highest BCUT2D eigenvalue weighted by Gasteiger charge is 2.46. The molecule has 3 rings (SSSR count). The summed E-state index contributed by atoms with van der Waals surface area (Å²) in [6.07, 6.45) is -1.78. The van der Waals surface area contributed by atoms with E-state index in [0.717, 1.165) is 0 Å². The van der Waals surface area contributed by atoms with E-state index in [1.165, 1.54) is 9.80 Å². The third-order valence-electron chi connectivity index (χ3n) is 4.66. The quantitative estimate of drug-likeness (QED) is 0.353. The zero-order valence-electron chi connectivity index (χ0n) is 14.5. The van der Waals surface area contributed by atoms with Gasteiger partial charge in [0.2, 0.25) is 11.6 Å². The SMILES string of the molecule is CC(O)N(C)C1=C(N2CC2)C(=O)C(N(C)C(C)O)=C(N2CC2)C1=O. The van der Waals surface area contributed by atoms with Crippen LogP contribution in [0.5, 0.6) is 0 Å². The monoisotopic (exact) mass is 336 g/mol. The van der Waals surface area contributed by atoms with Gasteiger partial charge in [-0.25, -0.2) is 0 Å². The topological polar surface area (TPSA) is 87.1 Å². The van der Waals surface area contributed by atoms with Crippen LogP contribution in [-0.4, -0.2) is 94.1 Å². The highest BCUT2D eigenvalue weighted by molar-refractivity contribution is 6.24. The molecule has 8 heteroatoms. The Labute approximate surface area is 141 Å². The van der Waals surface area contributed by atoms with E-state index < -0.39 is 12.5 Å². The van der Waals surface area contributed by atoms with E-state index in [9.17, 15) is 19.8 Å². The van der Waals surface area contributed by atoms with Gasteiger partial charge >= 0.3 is 0 Å². The lowest BCUT2D eigenvalue weighted by atomic mass is 9.96. The van der Waals surface area contributed by atoms with Crippen molar-refractivity contribution in [3.05, 3.63) is 22.8 Å². The Morgan fingerprint density at radius 1 is 0.792 bits per heavy atom. The van der Waals surface area contributed by atoms with Gasteiger partial charge in [0.15, 0.2) is 0 Å². The molecular weight excluding hydrogens is 312 g/mol. The van der Waals surface area contributed by atoms with E-state index in [4.69, 9.17) is 0 Å². The minimum absolute atomic E-state index is 0.233. The van der Waals surface area contributed by atoms with Crippen molar-refractivity contribution in [1.82, 2.24) is 19.6 Å². The summed E-state index contributed by atoms with van der Waals surface area (Å²) in [5.41, 5.74) is 1.10. The first-order chi connectivity index (χ1) is 11.3. The van der Waals surface area contributed by atoms with Crippen LogP contribution in [0.3, 0.4) is 0 Å². The molecule has 2 N–H and O–H groups in total. The van der Waals surface area contributed by atoms with Crippen LogP contribution < -0.4 is 0 Å². The number of ketones is 2. The molecule has 0 bridgehead atoms. The number of rotatable bonds is 6. The van der Waals surface area contributed by atoms with Gasteiger partial charge in [0.25, 0.3) is 0 Å². The van der Waals surface area contributed by atoms with Gasteiger partial charge in [-0.15, -0.1) is 0 Å². The largest absolute Gasteiger partial charge is 0.374 e. The lowest BCUT2D eigenvalue weighted by molar-refractivity contribution is -0.121. The van der Waals surface area contributed by atoms with Crippen molar-refractivity contribution in [2.75, 3.05) is 40.3 Å². The van der Waals surface area contributed by atoms with Crippen LogP contribution in [-0.2, 0) is 9.59 Å². The van der Waals surface area contributed by atoms with Crippen LogP contribution in [0.1, 0.15) is 13.8 Å². The number of carbonyl (C=O) groups is 2. The average molecular weight is 336 g/mol. The molecule has 0 amide bonds. The molecule has 2 unspecified atom stereocenters. The third kappa shape index (κ3) is 2.65. The van der Waals surface area contributed by atoms with E-state index in [0.29, 0.717) is 37.6 Å². The Kier molecular flexibility index (Phi) is 4.05. The molecule has 8 nitrogen and oxygen atoms in total. The Bertz CT molecular complexity index is 588. The predicted octanol–water partition coefficient (Wildman–Crippen LogP) is -1.27. The molecule has 0 aromatic rings. The molecule has 2 saturated heterocycles. The molecule has 0 saturated carbocycles. The van der Waals surface area contributed by atoms with Gasteiger partial charge in [-0.1, -0.05) is 0 Å². The zero-order chi connectivity index (χ0) is 17.8. The molecule has 2 heterocycles. The van der Waals surface area contributed by atoms with Crippen molar-refractivity contribution >= 4 is 11.6 Å². The lowest BCUT2D eigenvalue weighted by Crippen LogP contribution is -2.44. The van der Waals surface area contributed by atoms with Gasteiger partial charge in [0.1, 0.15) is 35.2 Å². The molecule has 132 valence electrons. The first-order valence-electron chi connectivity index (χ1n) is 8.15. The summed E-state index contributed by atoms with van der Waals surface area (Å²) >= 11 is 0. The highest BCUT2D eigenvalue weighted by Crippen LogP contribution is 2.36. The molecule has 2 fully saturated rings. The fourth-order valence-corrected chi connectivity index (χ4v) is 2.82. The van der Waals surface area contributed by atoms with Gasteiger partial charge in [-0.2, -0.15) is 0 Å². The van der Waals surface area contributed by atoms with Crippen LogP contribution in [0.2, 0.25) is 0 Å². The second kappa shape index (κ2) is 5.78. The third-order valence-corrected chi connectivity index (χ3v) is 4.66. The molecule has 0 aromatic carbocycles. The number of Topliss-reactive ketones (excluding diaryl/α,β-unsaturated/α-hetero) is 2. The molecule has 0 aromatic heterocycles. The summed E-state index contributed by atoms with van der Waals surface area (Å²) in [6, 6.07) is 0. The van der Waals surface area contributed by atoms with Gasteiger partial charge < -0.3 is 29.8 Å². The predicted molar refractivity (Wildman–Crippen MR) is 86.1 cm³/mol. The number of hydrogen-bond donors (Lipinski definition) is 2. The summed E-state index contributed by atoms with van der Waals surface area (Å²) in [6.45, 7) is 5.94. The molecule has 2 aliphatic heterocycles. The smallest absolute Gasteiger partial charge is 0.229 e. The van der Waals surface area contributed by atoms with Crippen molar-refractivity contribution in [3.63, 3.8) is 0 Å². The summed E-state index contributed by atoms with van der Waals surface area (Å²) in [4.78, 5) is 32.9. The standard InChI is InChI=1S/C16H24N4O4/c1-9(21)17(3)11-13(19-5-6-19)16(24)12(18(4)10(2)22)14(15(11)23)20-7-8-20/h9-10,21-22H,5-8H2,1-4H3. The Morgan fingerprint density at radius 2 is 1.08 bits per heavy atom. The average Bonchev–Trinajstić information content (AvgIpc) is 3.38. The Balaban J connectivity index is 2.14.